The molecule has 3 rings (SSSR count). The van der Waals surface area contributed by atoms with Crippen molar-refractivity contribution in [1.29, 1.82) is 0 Å². The Morgan fingerprint density at radius 2 is 2.20 bits per heavy atom. The number of urea groups is 1. The minimum Gasteiger partial charge on any atom is -0.472 e. The predicted molar refractivity (Wildman–Crippen MR) is 82.2 cm³/mol. The Morgan fingerprint density at radius 1 is 1.25 bits per heavy atom. The van der Waals surface area contributed by atoms with Crippen molar-refractivity contribution in [2.24, 2.45) is 0 Å². The molecule has 0 saturated heterocycles. The molecule has 2 amide bonds. The van der Waals surface area contributed by atoms with E-state index in [1.807, 2.05) is 23.6 Å². The molecule has 6 heteroatoms. The number of rotatable bonds is 4. The Morgan fingerprint density at radius 3 is 2.95 bits per heavy atom. The second kappa shape index (κ2) is 5.94. The maximum absolute atomic E-state index is 11.7. The van der Waals surface area contributed by atoms with Gasteiger partial charge < -0.3 is 9.73 Å². The van der Waals surface area contributed by atoms with Gasteiger partial charge in [-0.1, -0.05) is 0 Å². The highest BCUT2D eigenvalue weighted by molar-refractivity contribution is 7.14. The number of anilines is 1. The number of furan rings is 1. The summed E-state index contributed by atoms with van der Waals surface area (Å²) in [7, 11) is 0. The predicted octanol–water partition coefficient (Wildman–Crippen LogP) is 4.39. The first-order valence-corrected chi connectivity index (χ1v) is 7.75. The first-order valence-electron chi connectivity index (χ1n) is 5.99. The summed E-state index contributed by atoms with van der Waals surface area (Å²) in [4.78, 5) is 12.8. The highest BCUT2D eigenvalue weighted by atomic mass is 32.1. The topological polar surface area (TPSA) is 54.3 Å². The number of thiophene rings is 2. The molecule has 20 heavy (non-hydrogen) atoms. The van der Waals surface area contributed by atoms with E-state index in [1.54, 1.807) is 23.9 Å². The van der Waals surface area contributed by atoms with Crippen molar-refractivity contribution in [3.63, 3.8) is 0 Å². The Balaban J connectivity index is 1.55. The Labute approximate surface area is 124 Å². The van der Waals surface area contributed by atoms with Gasteiger partial charge in [-0.15, -0.1) is 22.7 Å². The van der Waals surface area contributed by atoms with Crippen LogP contribution in [0.5, 0.6) is 0 Å². The number of nitrogens with one attached hydrogen (secondary N) is 2. The van der Waals surface area contributed by atoms with E-state index in [0.717, 1.165) is 21.0 Å². The lowest BCUT2D eigenvalue weighted by molar-refractivity contribution is 0.252. The summed E-state index contributed by atoms with van der Waals surface area (Å²) >= 11 is 3.11. The third kappa shape index (κ3) is 3.09. The highest BCUT2D eigenvalue weighted by Crippen LogP contribution is 2.25. The monoisotopic (exact) mass is 304 g/mol. The van der Waals surface area contributed by atoms with E-state index in [4.69, 9.17) is 4.42 Å². The van der Waals surface area contributed by atoms with Crippen molar-refractivity contribution in [2.75, 3.05) is 5.32 Å². The Hall–Kier alpha value is -2.05. The average molecular weight is 304 g/mol. The van der Waals surface area contributed by atoms with Crippen LogP contribution in [0.15, 0.2) is 52.0 Å². The standard InChI is InChI=1S/C14H12N2O2S2/c17-14(16-13-2-1-5-19-13)15-7-12-6-11(9-20-12)10-3-4-18-8-10/h1-6,8-9H,7H2,(H2,15,16,17). The zero-order valence-electron chi connectivity index (χ0n) is 10.5. The number of carbonyl (C=O) groups excluding carboxylic acids is 1. The van der Waals surface area contributed by atoms with Gasteiger partial charge in [0.15, 0.2) is 0 Å². The molecule has 102 valence electrons. The molecule has 0 aliphatic heterocycles. The molecular formula is C14H12N2O2S2. The van der Waals surface area contributed by atoms with Crippen LogP contribution in [0.1, 0.15) is 4.88 Å². The number of carbonyl (C=O) groups is 1. The van der Waals surface area contributed by atoms with Crippen LogP contribution in [0.25, 0.3) is 11.1 Å². The molecule has 0 radical (unpaired) electrons. The van der Waals surface area contributed by atoms with Gasteiger partial charge in [0.1, 0.15) is 0 Å². The van der Waals surface area contributed by atoms with Gasteiger partial charge in [0.25, 0.3) is 0 Å². The van der Waals surface area contributed by atoms with Gasteiger partial charge in [0.2, 0.25) is 0 Å². The van der Waals surface area contributed by atoms with Crippen molar-refractivity contribution in [1.82, 2.24) is 5.32 Å². The van der Waals surface area contributed by atoms with Gasteiger partial charge in [-0.25, -0.2) is 4.79 Å². The molecule has 0 aliphatic carbocycles. The van der Waals surface area contributed by atoms with E-state index in [1.165, 1.54) is 11.3 Å². The van der Waals surface area contributed by atoms with Crippen LogP contribution in [-0.4, -0.2) is 6.03 Å². The van der Waals surface area contributed by atoms with Gasteiger partial charge in [-0.3, -0.25) is 5.32 Å². The van der Waals surface area contributed by atoms with Crippen molar-refractivity contribution in [3.05, 3.63) is 52.4 Å². The molecule has 0 fully saturated rings. The SMILES string of the molecule is O=C(NCc1cc(-c2ccoc2)cs1)Nc1cccs1. The van der Waals surface area contributed by atoms with Crippen molar-refractivity contribution < 1.29 is 9.21 Å². The van der Waals surface area contributed by atoms with E-state index in [2.05, 4.69) is 22.1 Å². The normalized spacial score (nSPS) is 10.4. The fraction of sp³-hybridized carbons (Fsp3) is 0.0714. The van der Waals surface area contributed by atoms with Crippen LogP contribution in [0.4, 0.5) is 9.80 Å². The lowest BCUT2D eigenvalue weighted by Crippen LogP contribution is -2.27. The van der Waals surface area contributed by atoms with Crippen molar-refractivity contribution in [2.45, 2.75) is 6.54 Å². The fourth-order valence-corrected chi connectivity index (χ4v) is 3.17. The minimum atomic E-state index is -0.189. The third-order valence-electron chi connectivity index (χ3n) is 2.69. The lowest BCUT2D eigenvalue weighted by Gasteiger charge is -2.04. The Bertz CT molecular complexity index is 672. The first kappa shape index (κ1) is 13.0. The lowest BCUT2D eigenvalue weighted by atomic mass is 10.2. The average Bonchev–Trinajstić information content (AvgIpc) is 3.18. The Kier molecular flexibility index (Phi) is 3.85. The van der Waals surface area contributed by atoms with Gasteiger partial charge in [-0.2, -0.15) is 0 Å². The van der Waals surface area contributed by atoms with Crippen LogP contribution in [0, 0.1) is 0 Å². The summed E-state index contributed by atoms with van der Waals surface area (Å²) in [6.45, 7) is 0.514. The molecule has 2 N–H and O–H groups in total. The van der Waals surface area contributed by atoms with Gasteiger partial charge in [0.05, 0.1) is 24.1 Å². The molecule has 4 nitrogen and oxygen atoms in total. The molecule has 0 aromatic carbocycles. The molecule has 0 unspecified atom stereocenters. The van der Waals surface area contributed by atoms with E-state index in [9.17, 15) is 4.79 Å². The fourth-order valence-electron chi connectivity index (χ4n) is 1.73. The molecular weight excluding hydrogens is 292 g/mol. The first-order chi connectivity index (χ1) is 9.81. The molecule has 3 aromatic heterocycles. The zero-order chi connectivity index (χ0) is 13.8. The molecule has 0 atom stereocenters. The van der Waals surface area contributed by atoms with Crippen LogP contribution in [-0.2, 0) is 6.54 Å². The minimum absolute atomic E-state index is 0.189. The van der Waals surface area contributed by atoms with Crippen LogP contribution in [0.3, 0.4) is 0 Å². The number of hydrogen-bond acceptors (Lipinski definition) is 4. The maximum Gasteiger partial charge on any atom is 0.320 e. The van der Waals surface area contributed by atoms with E-state index < -0.39 is 0 Å². The zero-order valence-corrected chi connectivity index (χ0v) is 12.1. The van der Waals surface area contributed by atoms with E-state index in [0.29, 0.717) is 6.54 Å². The van der Waals surface area contributed by atoms with Crippen LogP contribution in [0.2, 0.25) is 0 Å². The summed E-state index contributed by atoms with van der Waals surface area (Å²) in [6.07, 6.45) is 3.36. The van der Waals surface area contributed by atoms with E-state index >= 15 is 0 Å². The summed E-state index contributed by atoms with van der Waals surface area (Å²) in [5, 5.41) is 10.4. The second-order valence-corrected chi connectivity index (χ2v) is 6.04. The van der Waals surface area contributed by atoms with E-state index in [-0.39, 0.29) is 6.03 Å². The number of hydrogen-bond donors (Lipinski definition) is 2. The molecule has 0 bridgehead atoms. The molecule has 0 saturated carbocycles. The summed E-state index contributed by atoms with van der Waals surface area (Å²) in [6, 6.07) is 7.55. The summed E-state index contributed by atoms with van der Waals surface area (Å²) in [5.41, 5.74) is 2.16. The highest BCUT2D eigenvalue weighted by Gasteiger charge is 2.06. The molecule has 3 heterocycles. The largest absolute Gasteiger partial charge is 0.472 e. The van der Waals surface area contributed by atoms with Crippen LogP contribution >= 0.6 is 22.7 Å². The third-order valence-corrected chi connectivity index (χ3v) is 4.41. The molecule has 3 aromatic rings. The van der Waals surface area contributed by atoms with Gasteiger partial charge in [-0.05, 0) is 40.6 Å². The van der Waals surface area contributed by atoms with Crippen molar-refractivity contribution in [3.8, 4) is 11.1 Å². The smallest absolute Gasteiger partial charge is 0.320 e. The maximum atomic E-state index is 11.7. The number of amides is 2. The second-order valence-electron chi connectivity index (χ2n) is 4.10. The van der Waals surface area contributed by atoms with Gasteiger partial charge >= 0.3 is 6.03 Å². The van der Waals surface area contributed by atoms with Crippen molar-refractivity contribution >= 4 is 33.7 Å². The van der Waals surface area contributed by atoms with Crippen LogP contribution < -0.4 is 10.6 Å². The molecule has 0 spiro atoms. The quantitative estimate of drug-likeness (QED) is 0.751. The molecule has 0 aliphatic rings. The summed E-state index contributed by atoms with van der Waals surface area (Å²) < 4.78 is 5.06. The summed E-state index contributed by atoms with van der Waals surface area (Å²) in [5.74, 6) is 0. The van der Waals surface area contributed by atoms with Gasteiger partial charge in [0, 0.05) is 10.4 Å².